The Morgan fingerprint density at radius 1 is 1.42 bits per heavy atom. The standard InChI is InChI=1S/C14H21FN2O2/c1-3-19-13(18)7-8-17(2)10-12-6-4-5-11(9-16)14(12)15/h4-6H,3,7-10,16H2,1-2H3. The monoisotopic (exact) mass is 268 g/mol. The van der Waals surface area contributed by atoms with Crippen LogP contribution < -0.4 is 5.73 Å². The molecule has 0 aliphatic heterocycles. The second-order valence-electron chi connectivity index (χ2n) is 4.39. The summed E-state index contributed by atoms with van der Waals surface area (Å²) in [4.78, 5) is 13.1. The van der Waals surface area contributed by atoms with Gasteiger partial charge in [-0.2, -0.15) is 0 Å². The maximum Gasteiger partial charge on any atom is 0.307 e. The van der Waals surface area contributed by atoms with E-state index in [0.717, 1.165) is 0 Å². The first kappa shape index (κ1) is 15.6. The number of halogens is 1. The molecule has 0 fully saturated rings. The molecule has 0 unspecified atom stereocenters. The van der Waals surface area contributed by atoms with Gasteiger partial charge in [-0.15, -0.1) is 0 Å². The van der Waals surface area contributed by atoms with Crippen LogP contribution in [-0.4, -0.2) is 31.1 Å². The molecule has 19 heavy (non-hydrogen) atoms. The number of nitrogens with two attached hydrogens (primary N) is 1. The van der Waals surface area contributed by atoms with Crippen LogP contribution in [0.4, 0.5) is 4.39 Å². The van der Waals surface area contributed by atoms with Crippen LogP contribution in [0.5, 0.6) is 0 Å². The predicted octanol–water partition coefficient (Wildman–Crippen LogP) is 1.67. The molecule has 0 bridgehead atoms. The fourth-order valence-electron chi connectivity index (χ4n) is 1.80. The molecule has 1 rings (SSSR count). The minimum absolute atomic E-state index is 0.187. The van der Waals surface area contributed by atoms with Gasteiger partial charge in [0.05, 0.1) is 13.0 Å². The fourth-order valence-corrected chi connectivity index (χ4v) is 1.80. The van der Waals surface area contributed by atoms with Crippen LogP contribution in [0, 0.1) is 5.82 Å². The Morgan fingerprint density at radius 3 is 2.74 bits per heavy atom. The first-order valence-corrected chi connectivity index (χ1v) is 6.39. The normalized spacial score (nSPS) is 10.8. The molecular weight excluding hydrogens is 247 g/mol. The zero-order valence-electron chi connectivity index (χ0n) is 11.5. The minimum Gasteiger partial charge on any atom is -0.466 e. The zero-order valence-corrected chi connectivity index (χ0v) is 11.5. The van der Waals surface area contributed by atoms with E-state index < -0.39 is 0 Å². The first-order chi connectivity index (χ1) is 9.08. The minimum atomic E-state index is -0.256. The van der Waals surface area contributed by atoms with Gasteiger partial charge in [-0.3, -0.25) is 4.79 Å². The maximum absolute atomic E-state index is 14.0. The van der Waals surface area contributed by atoms with Gasteiger partial charge in [-0.25, -0.2) is 4.39 Å². The van der Waals surface area contributed by atoms with Crippen LogP contribution in [0.1, 0.15) is 24.5 Å². The van der Waals surface area contributed by atoms with Crippen molar-refractivity contribution in [3.8, 4) is 0 Å². The average Bonchev–Trinajstić information content (AvgIpc) is 2.39. The highest BCUT2D eigenvalue weighted by atomic mass is 19.1. The Balaban J connectivity index is 2.52. The van der Waals surface area contributed by atoms with Crippen LogP contribution in [-0.2, 0) is 22.6 Å². The van der Waals surface area contributed by atoms with E-state index in [-0.39, 0.29) is 18.3 Å². The molecule has 0 amide bonds. The van der Waals surface area contributed by atoms with E-state index in [2.05, 4.69) is 0 Å². The van der Waals surface area contributed by atoms with Crippen molar-refractivity contribution in [1.29, 1.82) is 0 Å². The molecule has 106 valence electrons. The molecule has 0 heterocycles. The Hall–Kier alpha value is -1.46. The highest BCUT2D eigenvalue weighted by Gasteiger charge is 2.10. The second kappa shape index (κ2) is 7.86. The molecule has 1 aromatic carbocycles. The van der Waals surface area contributed by atoms with Gasteiger partial charge in [0.2, 0.25) is 0 Å². The molecule has 0 saturated carbocycles. The molecule has 0 aliphatic carbocycles. The van der Waals surface area contributed by atoms with Crippen molar-refractivity contribution in [2.24, 2.45) is 5.73 Å². The van der Waals surface area contributed by atoms with Crippen LogP contribution in [0.15, 0.2) is 18.2 Å². The topological polar surface area (TPSA) is 55.6 Å². The summed E-state index contributed by atoms with van der Waals surface area (Å²) in [5, 5.41) is 0. The quantitative estimate of drug-likeness (QED) is 0.764. The largest absolute Gasteiger partial charge is 0.466 e. The van der Waals surface area contributed by atoms with Gasteiger partial charge >= 0.3 is 5.97 Å². The summed E-state index contributed by atoms with van der Waals surface area (Å²) in [6, 6.07) is 5.20. The lowest BCUT2D eigenvalue weighted by atomic mass is 10.1. The summed E-state index contributed by atoms with van der Waals surface area (Å²) in [7, 11) is 1.84. The highest BCUT2D eigenvalue weighted by molar-refractivity contribution is 5.69. The van der Waals surface area contributed by atoms with E-state index in [1.807, 2.05) is 11.9 Å². The second-order valence-corrected chi connectivity index (χ2v) is 4.39. The summed E-state index contributed by atoms with van der Waals surface area (Å²) >= 11 is 0. The van der Waals surface area contributed by atoms with Crippen molar-refractivity contribution in [3.63, 3.8) is 0 Å². The molecule has 4 nitrogen and oxygen atoms in total. The van der Waals surface area contributed by atoms with E-state index in [0.29, 0.717) is 37.2 Å². The Labute approximate surface area is 113 Å². The molecule has 0 radical (unpaired) electrons. The number of benzene rings is 1. The lowest BCUT2D eigenvalue weighted by Gasteiger charge is -2.17. The van der Waals surface area contributed by atoms with Crippen molar-refractivity contribution in [2.75, 3.05) is 20.2 Å². The summed E-state index contributed by atoms with van der Waals surface area (Å²) in [5.74, 6) is -0.487. The van der Waals surface area contributed by atoms with E-state index in [9.17, 15) is 9.18 Å². The maximum atomic E-state index is 14.0. The highest BCUT2D eigenvalue weighted by Crippen LogP contribution is 2.14. The van der Waals surface area contributed by atoms with Crippen LogP contribution in [0.2, 0.25) is 0 Å². The third-order valence-electron chi connectivity index (χ3n) is 2.82. The number of hydrogen-bond acceptors (Lipinski definition) is 4. The van der Waals surface area contributed by atoms with Crippen molar-refractivity contribution < 1.29 is 13.9 Å². The number of rotatable bonds is 7. The van der Waals surface area contributed by atoms with E-state index >= 15 is 0 Å². The van der Waals surface area contributed by atoms with Gasteiger partial charge in [0.15, 0.2) is 0 Å². The van der Waals surface area contributed by atoms with Crippen LogP contribution in [0.3, 0.4) is 0 Å². The molecule has 1 aromatic rings. The average molecular weight is 268 g/mol. The third-order valence-corrected chi connectivity index (χ3v) is 2.82. The van der Waals surface area contributed by atoms with Crippen molar-refractivity contribution >= 4 is 5.97 Å². The van der Waals surface area contributed by atoms with Crippen molar-refractivity contribution in [3.05, 3.63) is 35.1 Å². The Bertz CT molecular complexity index is 424. The smallest absolute Gasteiger partial charge is 0.307 e. The molecule has 2 N–H and O–H groups in total. The number of esters is 1. The number of carbonyl (C=O) groups is 1. The molecule has 0 spiro atoms. The lowest BCUT2D eigenvalue weighted by molar-refractivity contribution is -0.143. The summed E-state index contributed by atoms with van der Waals surface area (Å²) in [6.07, 6.45) is 0.308. The molecule has 0 aliphatic rings. The molecule has 0 aromatic heterocycles. The van der Waals surface area contributed by atoms with Gasteiger partial charge < -0.3 is 15.4 Å². The van der Waals surface area contributed by atoms with Crippen LogP contribution >= 0.6 is 0 Å². The number of hydrogen-bond donors (Lipinski definition) is 1. The fraction of sp³-hybridized carbons (Fsp3) is 0.500. The lowest BCUT2D eigenvalue weighted by Crippen LogP contribution is -2.23. The van der Waals surface area contributed by atoms with E-state index in [4.69, 9.17) is 10.5 Å². The first-order valence-electron chi connectivity index (χ1n) is 6.39. The number of nitrogens with zero attached hydrogens (tertiary/aromatic N) is 1. The van der Waals surface area contributed by atoms with Crippen LogP contribution in [0.25, 0.3) is 0 Å². The third kappa shape index (κ3) is 4.96. The molecule has 0 saturated heterocycles. The van der Waals surface area contributed by atoms with E-state index in [1.54, 1.807) is 25.1 Å². The number of ether oxygens (including phenoxy) is 1. The zero-order chi connectivity index (χ0) is 14.3. The summed E-state index contributed by atoms with van der Waals surface area (Å²) in [5.41, 5.74) is 6.57. The number of carbonyl (C=O) groups excluding carboxylic acids is 1. The Kier molecular flexibility index (Phi) is 6.45. The summed E-state index contributed by atoms with van der Waals surface area (Å²) in [6.45, 7) is 3.32. The summed E-state index contributed by atoms with van der Waals surface area (Å²) < 4.78 is 18.8. The van der Waals surface area contributed by atoms with Gasteiger partial charge in [0.1, 0.15) is 5.82 Å². The molecular formula is C14H21FN2O2. The van der Waals surface area contributed by atoms with Crippen molar-refractivity contribution in [1.82, 2.24) is 4.90 Å². The molecule has 0 atom stereocenters. The predicted molar refractivity (Wildman–Crippen MR) is 71.9 cm³/mol. The molecule has 5 heteroatoms. The van der Waals surface area contributed by atoms with Gasteiger partial charge in [0.25, 0.3) is 0 Å². The SMILES string of the molecule is CCOC(=O)CCN(C)Cc1cccc(CN)c1F. The van der Waals surface area contributed by atoms with Gasteiger partial charge in [-0.1, -0.05) is 18.2 Å². The van der Waals surface area contributed by atoms with Crippen molar-refractivity contribution in [2.45, 2.75) is 26.4 Å². The van der Waals surface area contributed by atoms with E-state index in [1.165, 1.54) is 0 Å². The van der Waals surface area contributed by atoms with Gasteiger partial charge in [0, 0.05) is 30.8 Å². The Morgan fingerprint density at radius 2 is 2.11 bits per heavy atom. The van der Waals surface area contributed by atoms with Gasteiger partial charge in [-0.05, 0) is 14.0 Å².